The molecule has 2 aromatic carbocycles. The van der Waals surface area contributed by atoms with Crippen molar-refractivity contribution >= 4 is 38.9 Å². The van der Waals surface area contributed by atoms with Crippen LogP contribution in [0.15, 0.2) is 41.3 Å². The van der Waals surface area contributed by atoms with Gasteiger partial charge in [-0.1, -0.05) is 0 Å². The predicted octanol–water partition coefficient (Wildman–Crippen LogP) is 2.56. The molecule has 2 aromatic rings. The maximum absolute atomic E-state index is 14.0. The monoisotopic (exact) mass is 478 g/mol. The highest BCUT2D eigenvalue weighted by atomic mass is 32.2. The van der Waals surface area contributed by atoms with Crippen molar-refractivity contribution in [1.29, 1.82) is 0 Å². The van der Waals surface area contributed by atoms with Gasteiger partial charge >= 0.3 is 0 Å². The molecule has 0 bridgehead atoms. The second kappa shape index (κ2) is 8.71. The Morgan fingerprint density at radius 3 is 2.58 bits per heavy atom. The van der Waals surface area contributed by atoms with E-state index in [1.165, 1.54) is 31.1 Å². The quantitative estimate of drug-likeness (QED) is 0.714. The zero-order chi connectivity index (χ0) is 23.9. The van der Waals surface area contributed by atoms with Gasteiger partial charge in [0, 0.05) is 26.7 Å². The number of hydrogen-bond donors (Lipinski definition) is 1. The molecule has 176 valence electrons. The van der Waals surface area contributed by atoms with Gasteiger partial charge in [-0.05, 0) is 49.6 Å². The molecule has 1 atom stereocenters. The second-order valence-electron chi connectivity index (χ2n) is 8.24. The molecule has 0 spiro atoms. The Hall–Kier alpha value is -3.05. The summed E-state index contributed by atoms with van der Waals surface area (Å²) in [4.78, 5) is 29.2. The molecule has 2 aliphatic heterocycles. The first-order chi connectivity index (χ1) is 15.6. The van der Waals surface area contributed by atoms with Crippen molar-refractivity contribution in [1.82, 2.24) is 4.31 Å². The van der Waals surface area contributed by atoms with E-state index in [-0.39, 0.29) is 16.5 Å². The minimum absolute atomic E-state index is 0.00973. The fourth-order valence-electron chi connectivity index (χ4n) is 4.20. The van der Waals surface area contributed by atoms with Crippen LogP contribution < -0.4 is 15.1 Å². The summed E-state index contributed by atoms with van der Waals surface area (Å²) in [5, 5.41) is 2.36. The number of nitrogens with zero attached hydrogens (tertiary/aromatic N) is 3. The smallest absolute Gasteiger partial charge is 0.250 e. The number of hydrogen-bond acceptors (Lipinski definition) is 5. The van der Waals surface area contributed by atoms with Gasteiger partial charge in [0.05, 0.1) is 22.0 Å². The van der Waals surface area contributed by atoms with Gasteiger partial charge in [0.15, 0.2) is 0 Å². The molecular formula is C22H24F2N4O4S. The number of carbonyl (C=O) groups is 2. The summed E-state index contributed by atoms with van der Waals surface area (Å²) in [5.41, 5.74) is 0.753. The Labute approximate surface area is 190 Å². The van der Waals surface area contributed by atoms with Gasteiger partial charge in [-0.25, -0.2) is 21.5 Å². The lowest BCUT2D eigenvalue weighted by Crippen LogP contribution is -2.56. The molecule has 4 rings (SSSR count). The number of piperidine rings is 1. The number of amides is 2. The number of halogens is 2. The SMILES string of the molecule is CN(C)S(=O)(=O)c1ccc2c(c1)N(CC(=O)Nc1ccc(F)cc1F)C(=O)C1CCCCN21. The van der Waals surface area contributed by atoms with E-state index in [2.05, 4.69) is 5.32 Å². The van der Waals surface area contributed by atoms with Crippen LogP contribution in [0.4, 0.5) is 25.8 Å². The molecule has 8 nitrogen and oxygen atoms in total. The van der Waals surface area contributed by atoms with Crippen LogP contribution in [0, 0.1) is 11.6 Å². The van der Waals surface area contributed by atoms with E-state index in [0.29, 0.717) is 30.4 Å². The summed E-state index contributed by atoms with van der Waals surface area (Å²) in [6, 6.07) is 6.83. The third-order valence-corrected chi connectivity index (χ3v) is 7.70. The summed E-state index contributed by atoms with van der Waals surface area (Å²) in [5.74, 6) is -2.73. The lowest BCUT2D eigenvalue weighted by Gasteiger charge is -2.45. The Bertz CT molecular complexity index is 1220. The molecule has 1 unspecified atom stereocenters. The molecule has 2 heterocycles. The van der Waals surface area contributed by atoms with Crippen molar-refractivity contribution in [2.45, 2.75) is 30.2 Å². The molecule has 0 aliphatic carbocycles. The van der Waals surface area contributed by atoms with E-state index in [9.17, 15) is 26.8 Å². The maximum Gasteiger partial charge on any atom is 0.250 e. The van der Waals surface area contributed by atoms with Crippen LogP contribution in [-0.2, 0) is 19.6 Å². The number of carbonyl (C=O) groups excluding carboxylic acids is 2. The first kappa shape index (κ1) is 23.1. The number of nitrogens with one attached hydrogen (secondary N) is 1. The second-order valence-corrected chi connectivity index (χ2v) is 10.4. The summed E-state index contributed by atoms with van der Waals surface area (Å²) < 4.78 is 53.5. The zero-order valence-electron chi connectivity index (χ0n) is 18.2. The fourth-order valence-corrected chi connectivity index (χ4v) is 5.12. The maximum atomic E-state index is 14.0. The molecule has 0 saturated carbocycles. The van der Waals surface area contributed by atoms with E-state index in [1.807, 2.05) is 4.90 Å². The Kier molecular flexibility index (Phi) is 6.10. The number of rotatable bonds is 5. The van der Waals surface area contributed by atoms with Crippen molar-refractivity contribution in [3.63, 3.8) is 0 Å². The van der Waals surface area contributed by atoms with E-state index < -0.39 is 40.2 Å². The number of sulfonamides is 1. The molecule has 0 aromatic heterocycles. The molecule has 1 saturated heterocycles. The first-order valence-corrected chi connectivity index (χ1v) is 11.9. The minimum atomic E-state index is -3.78. The van der Waals surface area contributed by atoms with Crippen molar-refractivity contribution < 1.29 is 26.8 Å². The summed E-state index contributed by atoms with van der Waals surface area (Å²) >= 11 is 0. The molecule has 2 amide bonds. The Balaban J connectivity index is 1.70. The third kappa shape index (κ3) is 4.30. The van der Waals surface area contributed by atoms with Crippen molar-refractivity contribution in [3.8, 4) is 0 Å². The zero-order valence-corrected chi connectivity index (χ0v) is 19.0. The molecule has 1 N–H and O–H groups in total. The highest BCUT2D eigenvalue weighted by molar-refractivity contribution is 7.89. The van der Waals surface area contributed by atoms with E-state index in [0.717, 1.165) is 29.3 Å². The molecule has 2 aliphatic rings. The fraction of sp³-hybridized carbons (Fsp3) is 0.364. The van der Waals surface area contributed by atoms with Crippen LogP contribution in [0.2, 0.25) is 0 Å². The van der Waals surface area contributed by atoms with Crippen molar-refractivity contribution in [2.24, 2.45) is 0 Å². The van der Waals surface area contributed by atoms with Gasteiger partial charge in [-0.15, -0.1) is 0 Å². The van der Waals surface area contributed by atoms with Gasteiger partial charge in [-0.3, -0.25) is 14.5 Å². The van der Waals surface area contributed by atoms with Crippen LogP contribution in [0.1, 0.15) is 19.3 Å². The Morgan fingerprint density at radius 1 is 1.12 bits per heavy atom. The summed E-state index contributed by atoms with van der Waals surface area (Å²) in [7, 11) is -0.964. The van der Waals surface area contributed by atoms with Gasteiger partial charge in [0.25, 0.3) is 0 Å². The number of benzene rings is 2. The lowest BCUT2D eigenvalue weighted by molar-refractivity contribution is -0.123. The van der Waals surface area contributed by atoms with Gasteiger partial charge in [0.2, 0.25) is 21.8 Å². The normalized spacial score (nSPS) is 18.2. The van der Waals surface area contributed by atoms with E-state index in [4.69, 9.17) is 0 Å². The average molecular weight is 479 g/mol. The van der Waals surface area contributed by atoms with Crippen molar-refractivity contribution in [2.75, 3.05) is 42.3 Å². The van der Waals surface area contributed by atoms with Crippen molar-refractivity contribution in [3.05, 3.63) is 48.0 Å². The largest absolute Gasteiger partial charge is 0.358 e. The predicted molar refractivity (Wildman–Crippen MR) is 120 cm³/mol. The summed E-state index contributed by atoms with van der Waals surface area (Å²) in [6.45, 7) is 0.197. The average Bonchev–Trinajstić information content (AvgIpc) is 2.78. The Morgan fingerprint density at radius 2 is 1.88 bits per heavy atom. The van der Waals surface area contributed by atoms with Gasteiger partial charge < -0.3 is 10.2 Å². The lowest BCUT2D eigenvalue weighted by atomic mass is 9.96. The third-order valence-electron chi connectivity index (χ3n) is 5.89. The highest BCUT2D eigenvalue weighted by Gasteiger charge is 2.40. The van der Waals surface area contributed by atoms with Gasteiger partial charge in [0.1, 0.15) is 24.2 Å². The molecule has 33 heavy (non-hydrogen) atoms. The van der Waals surface area contributed by atoms with Crippen LogP contribution in [0.25, 0.3) is 0 Å². The van der Waals surface area contributed by atoms with Crippen LogP contribution >= 0.6 is 0 Å². The number of fused-ring (bicyclic) bond motifs is 3. The number of anilines is 3. The van der Waals surface area contributed by atoms with Crippen LogP contribution in [0.5, 0.6) is 0 Å². The minimum Gasteiger partial charge on any atom is -0.358 e. The van der Waals surface area contributed by atoms with E-state index >= 15 is 0 Å². The van der Waals surface area contributed by atoms with Crippen LogP contribution in [0.3, 0.4) is 0 Å². The molecular weight excluding hydrogens is 454 g/mol. The van der Waals surface area contributed by atoms with Crippen LogP contribution in [-0.4, -0.2) is 57.8 Å². The molecule has 0 radical (unpaired) electrons. The van der Waals surface area contributed by atoms with E-state index in [1.54, 1.807) is 6.07 Å². The topological polar surface area (TPSA) is 90.0 Å². The standard InChI is InChI=1S/C22H24F2N4O4S/c1-26(2)33(31,32)15-7-9-18-20(12-15)28(22(30)19-5-3-4-10-27(18)19)13-21(29)25-17-8-6-14(23)11-16(17)24/h6-9,11-12,19H,3-5,10,13H2,1-2H3,(H,25,29). The first-order valence-electron chi connectivity index (χ1n) is 10.5. The summed E-state index contributed by atoms with van der Waals surface area (Å²) in [6.07, 6.45) is 2.36. The van der Waals surface area contributed by atoms with Gasteiger partial charge in [-0.2, -0.15) is 0 Å². The molecule has 11 heteroatoms. The molecule has 1 fully saturated rings. The highest BCUT2D eigenvalue weighted by Crippen LogP contribution is 2.40.